The van der Waals surface area contributed by atoms with Crippen molar-refractivity contribution in [3.8, 4) is 0 Å². The minimum absolute atomic E-state index is 0.0168. The van der Waals surface area contributed by atoms with E-state index in [4.69, 9.17) is 4.74 Å². The number of benzene rings is 1. The first kappa shape index (κ1) is 18.7. The average Bonchev–Trinajstić information content (AvgIpc) is 3.09. The van der Waals surface area contributed by atoms with Crippen LogP contribution in [0.5, 0.6) is 0 Å². The fourth-order valence-corrected chi connectivity index (χ4v) is 3.80. The Balaban J connectivity index is 1.71. The molecule has 0 saturated carbocycles. The molecule has 1 amide bonds. The fourth-order valence-electron chi connectivity index (χ4n) is 2.86. The number of rotatable bonds is 6. The third kappa shape index (κ3) is 4.19. The van der Waals surface area contributed by atoms with Gasteiger partial charge < -0.3 is 14.5 Å². The van der Waals surface area contributed by atoms with Gasteiger partial charge in [-0.05, 0) is 24.6 Å². The molecule has 140 valence electrons. The van der Waals surface area contributed by atoms with E-state index in [0.29, 0.717) is 5.56 Å². The Morgan fingerprint density at radius 2 is 2.04 bits per heavy atom. The molecule has 0 N–H and O–H groups in total. The van der Waals surface area contributed by atoms with Crippen LogP contribution < -0.4 is 4.90 Å². The zero-order valence-electron chi connectivity index (χ0n) is 15.5. The summed E-state index contributed by atoms with van der Waals surface area (Å²) in [4.78, 5) is 15.9. The van der Waals surface area contributed by atoms with Crippen molar-refractivity contribution in [1.29, 1.82) is 0 Å². The average molecular weight is 375 g/mol. The SMILES string of the molecule is CCn1c(SCc2cccc(C(=O)N(C)C)c2)nnc1N1CCOCC1. The molecule has 1 fully saturated rings. The van der Waals surface area contributed by atoms with Crippen molar-refractivity contribution in [3.63, 3.8) is 0 Å². The maximum atomic E-state index is 12.1. The minimum atomic E-state index is 0.0168. The quantitative estimate of drug-likeness (QED) is 0.721. The molecule has 0 aliphatic carbocycles. The summed E-state index contributed by atoms with van der Waals surface area (Å²) in [5, 5.41) is 9.68. The molecule has 0 radical (unpaired) electrons. The van der Waals surface area contributed by atoms with E-state index in [1.807, 2.05) is 24.3 Å². The number of thioether (sulfide) groups is 1. The molecule has 3 rings (SSSR count). The van der Waals surface area contributed by atoms with Gasteiger partial charge in [0.2, 0.25) is 5.95 Å². The molecule has 0 unspecified atom stereocenters. The molecule has 1 aromatic heterocycles. The van der Waals surface area contributed by atoms with Gasteiger partial charge in [0.25, 0.3) is 5.91 Å². The third-order valence-corrected chi connectivity index (χ3v) is 5.29. The lowest BCUT2D eigenvalue weighted by Crippen LogP contribution is -2.38. The summed E-state index contributed by atoms with van der Waals surface area (Å²) >= 11 is 1.64. The molecule has 2 aromatic rings. The fraction of sp³-hybridized carbons (Fsp3) is 0.500. The van der Waals surface area contributed by atoms with E-state index in [1.165, 1.54) is 0 Å². The van der Waals surface area contributed by atoms with Gasteiger partial charge in [-0.2, -0.15) is 0 Å². The van der Waals surface area contributed by atoms with Crippen molar-refractivity contribution in [2.75, 3.05) is 45.3 Å². The Hall–Kier alpha value is -2.06. The highest BCUT2D eigenvalue weighted by Gasteiger charge is 2.19. The van der Waals surface area contributed by atoms with Crippen LogP contribution in [0.4, 0.5) is 5.95 Å². The lowest BCUT2D eigenvalue weighted by Gasteiger charge is -2.27. The van der Waals surface area contributed by atoms with Crippen LogP contribution in [-0.4, -0.2) is 66.0 Å². The number of hydrogen-bond acceptors (Lipinski definition) is 6. The minimum Gasteiger partial charge on any atom is -0.378 e. The van der Waals surface area contributed by atoms with Crippen LogP contribution in [-0.2, 0) is 17.0 Å². The topological polar surface area (TPSA) is 63.5 Å². The lowest BCUT2D eigenvalue weighted by atomic mass is 10.1. The highest BCUT2D eigenvalue weighted by Crippen LogP contribution is 2.26. The molecule has 1 saturated heterocycles. The van der Waals surface area contributed by atoms with Crippen LogP contribution in [0.15, 0.2) is 29.4 Å². The van der Waals surface area contributed by atoms with Crippen LogP contribution in [0.1, 0.15) is 22.8 Å². The second-order valence-corrected chi connectivity index (χ2v) is 7.26. The van der Waals surface area contributed by atoms with Gasteiger partial charge in [0.05, 0.1) is 13.2 Å². The number of morpholine rings is 1. The zero-order valence-corrected chi connectivity index (χ0v) is 16.3. The van der Waals surface area contributed by atoms with Gasteiger partial charge in [-0.25, -0.2) is 0 Å². The van der Waals surface area contributed by atoms with Crippen molar-refractivity contribution in [2.24, 2.45) is 0 Å². The van der Waals surface area contributed by atoms with Crippen LogP contribution in [0, 0.1) is 0 Å². The Bertz CT molecular complexity index is 756. The van der Waals surface area contributed by atoms with Gasteiger partial charge in [-0.1, -0.05) is 23.9 Å². The van der Waals surface area contributed by atoms with Crippen molar-refractivity contribution in [1.82, 2.24) is 19.7 Å². The highest BCUT2D eigenvalue weighted by atomic mass is 32.2. The first-order valence-corrected chi connectivity index (χ1v) is 9.78. The smallest absolute Gasteiger partial charge is 0.253 e. The van der Waals surface area contributed by atoms with Crippen LogP contribution in [0.3, 0.4) is 0 Å². The van der Waals surface area contributed by atoms with Crippen molar-refractivity contribution < 1.29 is 9.53 Å². The number of carbonyl (C=O) groups is 1. The summed E-state index contributed by atoms with van der Waals surface area (Å²) in [7, 11) is 3.53. The molecule has 1 aromatic carbocycles. The Morgan fingerprint density at radius 3 is 2.73 bits per heavy atom. The van der Waals surface area contributed by atoms with Crippen LogP contribution in [0.25, 0.3) is 0 Å². The second-order valence-electron chi connectivity index (χ2n) is 6.31. The summed E-state index contributed by atoms with van der Waals surface area (Å²) in [6.45, 7) is 6.07. The monoisotopic (exact) mass is 375 g/mol. The van der Waals surface area contributed by atoms with E-state index in [0.717, 1.165) is 55.3 Å². The predicted octanol–water partition coefficient (Wildman–Crippen LogP) is 2.13. The van der Waals surface area contributed by atoms with E-state index >= 15 is 0 Å². The number of amides is 1. The van der Waals surface area contributed by atoms with Crippen LogP contribution in [0.2, 0.25) is 0 Å². The molecule has 8 heteroatoms. The van der Waals surface area contributed by atoms with E-state index in [1.54, 1.807) is 30.8 Å². The molecule has 0 atom stereocenters. The summed E-state index contributed by atoms with van der Waals surface area (Å²) < 4.78 is 7.56. The highest BCUT2D eigenvalue weighted by molar-refractivity contribution is 7.98. The van der Waals surface area contributed by atoms with E-state index in [9.17, 15) is 4.79 Å². The largest absolute Gasteiger partial charge is 0.378 e. The Labute approximate surface area is 158 Å². The van der Waals surface area contributed by atoms with Crippen LogP contribution >= 0.6 is 11.8 Å². The second kappa shape index (κ2) is 8.55. The van der Waals surface area contributed by atoms with Crippen molar-refractivity contribution >= 4 is 23.6 Å². The van der Waals surface area contributed by atoms with Crippen molar-refractivity contribution in [3.05, 3.63) is 35.4 Å². The number of aromatic nitrogens is 3. The maximum absolute atomic E-state index is 12.1. The Kier molecular flexibility index (Phi) is 6.16. The normalized spacial score (nSPS) is 14.5. The van der Waals surface area contributed by atoms with E-state index in [2.05, 4.69) is 26.6 Å². The van der Waals surface area contributed by atoms with Crippen molar-refractivity contribution in [2.45, 2.75) is 24.4 Å². The molecule has 0 spiro atoms. The molecular weight excluding hydrogens is 350 g/mol. The first-order valence-electron chi connectivity index (χ1n) is 8.79. The molecule has 1 aliphatic rings. The predicted molar refractivity (Wildman–Crippen MR) is 103 cm³/mol. The lowest BCUT2D eigenvalue weighted by molar-refractivity contribution is 0.0827. The number of anilines is 1. The summed E-state index contributed by atoms with van der Waals surface area (Å²) in [6.07, 6.45) is 0. The van der Waals surface area contributed by atoms with Gasteiger partial charge >= 0.3 is 0 Å². The maximum Gasteiger partial charge on any atom is 0.253 e. The molecular formula is C18H25N5O2S. The molecule has 2 heterocycles. The molecule has 7 nitrogen and oxygen atoms in total. The first-order chi connectivity index (χ1) is 12.6. The van der Waals surface area contributed by atoms with E-state index < -0.39 is 0 Å². The van der Waals surface area contributed by atoms with Gasteiger partial charge in [-0.15, -0.1) is 10.2 Å². The summed E-state index contributed by atoms with van der Waals surface area (Å²) in [5.74, 6) is 1.67. The van der Waals surface area contributed by atoms with Gasteiger partial charge in [0, 0.05) is 45.0 Å². The molecule has 1 aliphatic heterocycles. The molecule has 26 heavy (non-hydrogen) atoms. The number of ether oxygens (including phenoxy) is 1. The number of nitrogens with zero attached hydrogens (tertiary/aromatic N) is 5. The summed E-state index contributed by atoms with van der Waals surface area (Å²) in [5.41, 5.74) is 1.81. The van der Waals surface area contributed by atoms with Gasteiger partial charge in [0.1, 0.15) is 0 Å². The zero-order chi connectivity index (χ0) is 18.5. The van der Waals surface area contributed by atoms with E-state index in [-0.39, 0.29) is 5.91 Å². The van der Waals surface area contributed by atoms with Gasteiger partial charge in [-0.3, -0.25) is 9.36 Å². The number of hydrogen-bond donors (Lipinski definition) is 0. The molecule has 0 bridgehead atoms. The van der Waals surface area contributed by atoms with Gasteiger partial charge in [0.15, 0.2) is 5.16 Å². The third-order valence-electron chi connectivity index (χ3n) is 4.26. The summed E-state index contributed by atoms with van der Waals surface area (Å²) in [6, 6.07) is 7.76. The standard InChI is InChI=1S/C18H25N5O2S/c1-4-23-17(22-8-10-25-11-9-22)19-20-18(23)26-13-14-6-5-7-15(12-14)16(24)21(2)3/h5-7,12H,4,8-11,13H2,1-3H3. The number of carbonyl (C=O) groups excluding carboxylic acids is 1. The Morgan fingerprint density at radius 1 is 1.27 bits per heavy atom.